The van der Waals surface area contributed by atoms with E-state index < -0.39 is 24.3 Å². The number of H-pyrrole nitrogens is 2. The number of likely N-dealkylation sites (tertiary alicyclic amines) is 2. The quantitative estimate of drug-likeness (QED) is 0.110. The molecule has 2 aliphatic heterocycles. The third kappa shape index (κ3) is 6.82. The summed E-state index contributed by atoms with van der Waals surface area (Å²) in [6.45, 7) is 9.84. The molecule has 15 heteroatoms. The zero-order valence-electron chi connectivity index (χ0n) is 34.8. The summed E-state index contributed by atoms with van der Waals surface area (Å²) in [6, 6.07) is 16.9. The van der Waals surface area contributed by atoms with E-state index in [4.69, 9.17) is 31.0 Å². The fourth-order valence-electron chi connectivity index (χ4n) is 9.91. The minimum absolute atomic E-state index is 0.108. The molecule has 4 amide bonds. The molecule has 2 aromatic heterocycles. The molecule has 60 heavy (non-hydrogen) atoms. The summed E-state index contributed by atoms with van der Waals surface area (Å²) in [6.07, 6.45) is 1.29. The lowest BCUT2D eigenvalue weighted by Crippen LogP contribution is -2.52. The Labute approximate surface area is 353 Å². The SMILES string of the molecule is COC(=O)NC(C(=O)N1[C@@H]2C[C@@H]2C[C@H]1c1nc(Cl)c(-c2ccc(-c3ccc4c(ccc5nc([C@@H]6CC7C([C@@H]7C)N6C(=O)[C@@H](NC(=O)OC)C(C)C)[nH]c54)c3)cc2)[nH]1)C(C)C. The first-order valence-electron chi connectivity index (χ1n) is 20.9. The Morgan fingerprint density at radius 3 is 2.00 bits per heavy atom. The number of hydrogen-bond donors (Lipinski definition) is 4. The second kappa shape index (κ2) is 15.1. The van der Waals surface area contributed by atoms with Gasteiger partial charge in [0.25, 0.3) is 0 Å². The van der Waals surface area contributed by atoms with Crippen molar-refractivity contribution in [2.75, 3.05) is 14.2 Å². The molecule has 0 radical (unpaired) electrons. The molecule has 3 unspecified atom stereocenters. The number of imidazole rings is 2. The number of nitrogens with zero attached hydrogens (tertiary/aromatic N) is 4. The van der Waals surface area contributed by atoms with Crippen molar-refractivity contribution in [3.05, 3.63) is 71.4 Å². The van der Waals surface area contributed by atoms with E-state index in [-0.39, 0.29) is 47.8 Å². The maximum atomic E-state index is 14.1. The van der Waals surface area contributed by atoms with Crippen molar-refractivity contribution < 1.29 is 28.7 Å². The van der Waals surface area contributed by atoms with Crippen molar-refractivity contribution in [3.63, 3.8) is 0 Å². The zero-order chi connectivity index (χ0) is 42.3. The molecule has 2 saturated carbocycles. The van der Waals surface area contributed by atoms with Crippen LogP contribution < -0.4 is 10.6 Å². The lowest BCUT2D eigenvalue weighted by Gasteiger charge is -2.32. The van der Waals surface area contributed by atoms with E-state index >= 15 is 0 Å². The number of alkyl carbamates (subject to hydrolysis) is 2. The average molecular weight is 835 g/mol. The summed E-state index contributed by atoms with van der Waals surface area (Å²) in [5, 5.41) is 7.91. The molecule has 4 fully saturated rings. The highest BCUT2D eigenvalue weighted by atomic mass is 35.5. The maximum Gasteiger partial charge on any atom is 0.407 e. The van der Waals surface area contributed by atoms with Gasteiger partial charge in [0.15, 0.2) is 5.15 Å². The maximum absolute atomic E-state index is 14.1. The van der Waals surface area contributed by atoms with Crippen LogP contribution >= 0.6 is 11.6 Å². The first-order chi connectivity index (χ1) is 28.8. The van der Waals surface area contributed by atoms with Crippen LogP contribution in [0.15, 0.2) is 54.6 Å². The van der Waals surface area contributed by atoms with Gasteiger partial charge in [-0.05, 0) is 77.5 Å². The van der Waals surface area contributed by atoms with E-state index in [1.54, 1.807) is 0 Å². The Morgan fingerprint density at radius 1 is 0.750 bits per heavy atom. The van der Waals surface area contributed by atoms with Crippen molar-refractivity contribution in [2.24, 2.45) is 29.6 Å². The first kappa shape index (κ1) is 39.8. The van der Waals surface area contributed by atoms with Gasteiger partial charge >= 0.3 is 12.2 Å². The molecule has 2 saturated heterocycles. The molecule has 0 bridgehead atoms. The third-order valence-electron chi connectivity index (χ3n) is 13.4. The smallest absolute Gasteiger partial charge is 0.407 e. The largest absolute Gasteiger partial charge is 0.453 e. The normalized spacial score (nSPS) is 25.0. The van der Waals surface area contributed by atoms with E-state index in [0.29, 0.717) is 34.4 Å². The number of methoxy groups -OCH3 is 2. The molecule has 0 spiro atoms. The number of carbonyl (C=O) groups excluding carboxylic acids is 4. The number of aromatic nitrogens is 4. The van der Waals surface area contributed by atoms with Crippen molar-refractivity contribution in [3.8, 4) is 22.4 Å². The second-order valence-electron chi connectivity index (χ2n) is 17.7. The molecule has 4 aliphatic rings. The van der Waals surface area contributed by atoms with Crippen LogP contribution in [0.3, 0.4) is 0 Å². The summed E-state index contributed by atoms with van der Waals surface area (Å²) >= 11 is 6.77. The van der Waals surface area contributed by atoms with E-state index in [0.717, 1.165) is 63.6 Å². The van der Waals surface area contributed by atoms with E-state index in [9.17, 15) is 19.2 Å². The molecule has 314 valence electrons. The lowest BCUT2D eigenvalue weighted by atomic mass is 9.99. The molecule has 9 atom stereocenters. The molecule has 4 heterocycles. The molecule has 2 aliphatic carbocycles. The molecular formula is C45H51ClN8O6. The number of rotatable bonds is 10. The molecule has 14 nitrogen and oxygen atoms in total. The number of aromatic amines is 2. The van der Waals surface area contributed by atoms with Gasteiger partial charge in [-0.2, -0.15) is 0 Å². The second-order valence-corrected chi connectivity index (χ2v) is 18.0. The number of halogens is 1. The highest BCUT2D eigenvalue weighted by Crippen LogP contribution is 2.58. The molecule has 3 aromatic carbocycles. The van der Waals surface area contributed by atoms with Crippen molar-refractivity contribution in [1.82, 2.24) is 40.4 Å². The molecular weight excluding hydrogens is 784 g/mol. The van der Waals surface area contributed by atoms with Gasteiger partial charge in [0.1, 0.15) is 23.7 Å². The number of ether oxygens (including phenoxy) is 2. The van der Waals surface area contributed by atoms with Crippen LogP contribution in [0.25, 0.3) is 44.2 Å². The van der Waals surface area contributed by atoms with Gasteiger partial charge in [0.05, 0.1) is 43.0 Å². The Hall–Kier alpha value is -5.63. The van der Waals surface area contributed by atoms with Crippen molar-refractivity contribution >= 4 is 57.4 Å². The van der Waals surface area contributed by atoms with Gasteiger partial charge in [-0.15, -0.1) is 0 Å². The van der Waals surface area contributed by atoms with E-state index in [2.05, 4.69) is 63.9 Å². The standard InChI is InChI=1S/C45H51ClN8O6/c1-20(2)34(50-44(57)59-6)42(55)53-31-17-27(31)18-32(53)41-48-36(39(46)52-41)24-10-8-23(9-11-24)25-12-14-28-26(16-25)13-15-30-37(28)49-40(47-30)33-19-29-22(5)38(29)54(33)43(56)35(21(3)4)51-45(58)60-7/h8-16,20-22,27,29,31-35,38H,17-19H2,1-7H3,(H,47,49)(H,48,52)(H,50,57)(H,51,58)/t22-,27-,29?,31-,32+,33+,34?,35+,38?/m1/s1. The number of amides is 4. The number of benzene rings is 3. The fraction of sp³-hybridized carbons (Fsp3) is 0.467. The predicted octanol–water partition coefficient (Wildman–Crippen LogP) is 7.76. The molecule has 4 N–H and O–H groups in total. The average Bonchev–Trinajstić information content (AvgIpc) is 3.74. The highest BCUT2D eigenvalue weighted by Gasteiger charge is 2.62. The Bertz CT molecular complexity index is 2520. The van der Waals surface area contributed by atoms with Crippen LogP contribution in [-0.2, 0) is 19.1 Å². The van der Waals surface area contributed by atoms with Gasteiger partial charge in [0.2, 0.25) is 11.8 Å². The van der Waals surface area contributed by atoms with Gasteiger partial charge in [-0.3, -0.25) is 9.59 Å². The number of fused-ring (bicyclic) bond motifs is 5. The van der Waals surface area contributed by atoms with Crippen LogP contribution in [0.1, 0.15) is 77.6 Å². The monoisotopic (exact) mass is 834 g/mol. The number of hydrogen-bond acceptors (Lipinski definition) is 8. The van der Waals surface area contributed by atoms with Gasteiger partial charge < -0.3 is 39.9 Å². The van der Waals surface area contributed by atoms with Crippen molar-refractivity contribution in [2.45, 2.75) is 90.1 Å². The number of nitrogens with one attached hydrogen (secondary N) is 4. The third-order valence-corrected chi connectivity index (χ3v) is 13.6. The first-order valence-corrected chi connectivity index (χ1v) is 21.3. The topological polar surface area (TPSA) is 175 Å². The minimum atomic E-state index is -0.716. The van der Waals surface area contributed by atoms with Crippen LogP contribution in [-0.4, -0.2) is 92.1 Å². The van der Waals surface area contributed by atoms with Crippen LogP contribution in [0.4, 0.5) is 9.59 Å². The lowest BCUT2D eigenvalue weighted by molar-refractivity contribution is -0.137. The fourth-order valence-corrected chi connectivity index (χ4v) is 10.2. The summed E-state index contributed by atoms with van der Waals surface area (Å²) < 4.78 is 9.64. The highest BCUT2D eigenvalue weighted by molar-refractivity contribution is 6.32. The van der Waals surface area contributed by atoms with Crippen LogP contribution in [0.5, 0.6) is 0 Å². The Kier molecular flexibility index (Phi) is 10.0. The summed E-state index contributed by atoms with van der Waals surface area (Å²) in [7, 11) is 2.59. The van der Waals surface area contributed by atoms with Crippen LogP contribution in [0.2, 0.25) is 5.15 Å². The summed E-state index contributed by atoms with van der Waals surface area (Å²) in [5.41, 5.74) is 5.38. The Balaban J connectivity index is 0.941. The van der Waals surface area contributed by atoms with E-state index in [1.165, 1.54) is 14.2 Å². The zero-order valence-corrected chi connectivity index (χ0v) is 35.5. The summed E-state index contributed by atoms with van der Waals surface area (Å²) in [5.74, 6) is 2.09. The van der Waals surface area contributed by atoms with Crippen molar-refractivity contribution in [1.29, 1.82) is 0 Å². The van der Waals surface area contributed by atoms with Gasteiger partial charge in [-0.1, -0.05) is 88.7 Å². The van der Waals surface area contributed by atoms with Crippen LogP contribution in [0, 0.1) is 29.6 Å². The van der Waals surface area contributed by atoms with Gasteiger partial charge in [0, 0.05) is 23.0 Å². The molecule has 9 rings (SSSR count). The Morgan fingerprint density at radius 2 is 1.35 bits per heavy atom. The summed E-state index contributed by atoms with van der Waals surface area (Å²) in [4.78, 5) is 72.8. The van der Waals surface area contributed by atoms with E-state index in [1.807, 2.05) is 55.7 Å². The number of piperidine rings is 2. The molecule has 5 aromatic rings. The predicted molar refractivity (Wildman–Crippen MR) is 227 cm³/mol. The van der Waals surface area contributed by atoms with Gasteiger partial charge in [-0.25, -0.2) is 19.6 Å². The minimum Gasteiger partial charge on any atom is -0.453 e. The number of carbonyl (C=O) groups is 4.